The lowest BCUT2D eigenvalue weighted by Gasteiger charge is -2.20. The SMILES string of the molecule is CC[C@@](C)(C#Cc1ncc(/C(C)=N\O)cc1OC)NC.CCc1ccc(OC)cc1C(C)=O.O=CNC=O. The van der Waals surface area contributed by atoms with Gasteiger partial charge in [-0.15, -0.1) is 0 Å². The third kappa shape index (κ3) is 11.2. The van der Waals surface area contributed by atoms with Crippen molar-refractivity contribution in [1.82, 2.24) is 15.6 Å². The summed E-state index contributed by atoms with van der Waals surface area (Å²) in [5.74, 6) is 7.60. The van der Waals surface area contributed by atoms with Gasteiger partial charge in [0, 0.05) is 17.3 Å². The van der Waals surface area contributed by atoms with E-state index in [1.165, 1.54) is 0 Å². The molecule has 0 saturated heterocycles. The van der Waals surface area contributed by atoms with Crippen molar-refractivity contribution in [2.75, 3.05) is 21.3 Å². The molecule has 0 unspecified atom stereocenters. The number of nitrogens with zero attached hydrogens (tertiary/aromatic N) is 2. The fraction of sp³-hybridized carbons (Fsp3) is 0.393. The van der Waals surface area contributed by atoms with Gasteiger partial charge in [-0.1, -0.05) is 31.0 Å². The van der Waals surface area contributed by atoms with Crippen LogP contribution in [0.2, 0.25) is 0 Å². The van der Waals surface area contributed by atoms with Gasteiger partial charge < -0.3 is 25.3 Å². The summed E-state index contributed by atoms with van der Waals surface area (Å²) in [7, 11) is 5.05. The molecule has 0 radical (unpaired) electrons. The number of oxime groups is 1. The molecule has 2 aromatic rings. The Morgan fingerprint density at radius 3 is 2.24 bits per heavy atom. The fourth-order valence-electron chi connectivity index (χ4n) is 2.82. The first-order valence-corrected chi connectivity index (χ1v) is 11.9. The molecule has 38 heavy (non-hydrogen) atoms. The second-order valence-corrected chi connectivity index (χ2v) is 7.98. The van der Waals surface area contributed by atoms with Crippen molar-refractivity contribution in [3.05, 3.63) is 52.8 Å². The predicted molar refractivity (Wildman–Crippen MR) is 147 cm³/mol. The van der Waals surface area contributed by atoms with Gasteiger partial charge in [0.25, 0.3) is 0 Å². The summed E-state index contributed by atoms with van der Waals surface area (Å²) in [5, 5.41) is 16.9. The number of hydrogen-bond acceptors (Lipinski definition) is 9. The average molecular weight is 527 g/mol. The molecule has 1 aromatic heterocycles. The number of methoxy groups -OCH3 is 2. The van der Waals surface area contributed by atoms with Crippen LogP contribution in [0.3, 0.4) is 0 Å². The molecule has 0 saturated carbocycles. The quantitative estimate of drug-likeness (QED) is 0.113. The van der Waals surface area contributed by atoms with E-state index in [-0.39, 0.29) is 11.3 Å². The number of benzene rings is 1. The molecule has 0 spiro atoms. The van der Waals surface area contributed by atoms with Crippen LogP contribution in [0, 0.1) is 11.8 Å². The average Bonchev–Trinajstić information content (AvgIpc) is 2.95. The number of carbonyl (C=O) groups excluding carboxylic acids is 3. The van der Waals surface area contributed by atoms with Gasteiger partial charge in [-0.25, -0.2) is 4.98 Å². The van der Waals surface area contributed by atoms with Gasteiger partial charge in [-0.2, -0.15) is 0 Å². The monoisotopic (exact) mass is 526 g/mol. The van der Waals surface area contributed by atoms with Crippen LogP contribution in [0.5, 0.6) is 11.5 Å². The minimum Gasteiger partial charge on any atom is -0.497 e. The third-order valence-electron chi connectivity index (χ3n) is 5.57. The molecule has 206 valence electrons. The van der Waals surface area contributed by atoms with Gasteiger partial charge in [0.15, 0.2) is 17.2 Å². The van der Waals surface area contributed by atoms with Crippen LogP contribution in [0.25, 0.3) is 0 Å². The number of amides is 2. The molecule has 0 bridgehead atoms. The van der Waals surface area contributed by atoms with Gasteiger partial charge >= 0.3 is 0 Å². The van der Waals surface area contributed by atoms with E-state index in [1.807, 2.05) is 33.0 Å². The van der Waals surface area contributed by atoms with Crippen molar-refractivity contribution in [1.29, 1.82) is 0 Å². The van der Waals surface area contributed by atoms with Crippen molar-refractivity contribution in [3.63, 3.8) is 0 Å². The summed E-state index contributed by atoms with van der Waals surface area (Å²) in [4.78, 5) is 33.6. The van der Waals surface area contributed by atoms with E-state index in [4.69, 9.17) is 24.3 Å². The maximum Gasteiger partial charge on any atom is 0.213 e. The second kappa shape index (κ2) is 18.1. The van der Waals surface area contributed by atoms with Crippen LogP contribution >= 0.6 is 0 Å². The first-order chi connectivity index (χ1) is 18.1. The summed E-state index contributed by atoms with van der Waals surface area (Å²) in [5.41, 5.74) is 3.33. The zero-order valence-electron chi connectivity index (χ0n) is 23.3. The first-order valence-electron chi connectivity index (χ1n) is 11.9. The highest BCUT2D eigenvalue weighted by atomic mass is 16.5. The van der Waals surface area contributed by atoms with E-state index in [0.717, 1.165) is 29.7 Å². The molecule has 0 aliphatic heterocycles. The minimum atomic E-state index is -0.256. The van der Waals surface area contributed by atoms with Crippen molar-refractivity contribution in [2.45, 2.75) is 53.0 Å². The van der Waals surface area contributed by atoms with E-state index in [0.29, 0.717) is 35.5 Å². The van der Waals surface area contributed by atoms with Crippen molar-refractivity contribution in [2.24, 2.45) is 5.16 Å². The largest absolute Gasteiger partial charge is 0.497 e. The number of carbonyl (C=O) groups is 3. The first kappa shape index (κ1) is 33.8. The Bertz CT molecular complexity index is 1140. The Labute approximate surface area is 224 Å². The third-order valence-corrected chi connectivity index (χ3v) is 5.57. The molecule has 0 aliphatic rings. The summed E-state index contributed by atoms with van der Waals surface area (Å²) in [6.07, 6.45) is 4.00. The lowest BCUT2D eigenvalue weighted by molar-refractivity contribution is -0.117. The molecular formula is C28H38N4O6. The van der Waals surface area contributed by atoms with Crippen LogP contribution in [-0.4, -0.2) is 61.3 Å². The number of hydrogen-bond donors (Lipinski definition) is 3. The van der Waals surface area contributed by atoms with Gasteiger partial charge in [0.1, 0.15) is 5.75 Å². The normalized spacial score (nSPS) is 11.5. The number of imide groups is 1. The molecule has 2 amide bonds. The highest BCUT2D eigenvalue weighted by Gasteiger charge is 2.15. The van der Waals surface area contributed by atoms with Gasteiger partial charge in [0.05, 0.1) is 25.5 Å². The molecule has 10 heteroatoms. The Balaban J connectivity index is 0.000000648. The Kier molecular flexibility index (Phi) is 16.1. The van der Waals surface area contributed by atoms with E-state index in [1.54, 1.807) is 51.7 Å². The topological polar surface area (TPSA) is 139 Å². The molecule has 2 rings (SSSR count). The van der Waals surface area contributed by atoms with Crippen molar-refractivity contribution in [3.8, 4) is 23.3 Å². The number of rotatable bonds is 9. The number of ketones is 1. The maximum atomic E-state index is 11.2. The smallest absolute Gasteiger partial charge is 0.213 e. The van der Waals surface area contributed by atoms with Crippen LogP contribution < -0.4 is 20.1 Å². The molecule has 1 atom stereocenters. The van der Waals surface area contributed by atoms with Crippen LogP contribution in [0.1, 0.15) is 68.2 Å². The minimum absolute atomic E-state index is 0.0933. The Morgan fingerprint density at radius 1 is 1.16 bits per heavy atom. The Hall–Kier alpha value is -4.23. The second-order valence-electron chi connectivity index (χ2n) is 7.98. The van der Waals surface area contributed by atoms with E-state index in [2.05, 4.69) is 34.2 Å². The van der Waals surface area contributed by atoms with Crippen molar-refractivity contribution >= 4 is 24.3 Å². The molecule has 1 heterocycles. The number of Topliss-reactive ketones (excluding diaryl/α,β-unsaturated/α-hetero) is 1. The number of ether oxygens (including phenoxy) is 2. The lowest BCUT2D eigenvalue weighted by atomic mass is 10.00. The van der Waals surface area contributed by atoms with Crippen LogP contribution in [0.4, 0.5) is 0 Å². The zero-order valence-corrected chi connectivity index (χ0v) is 23.3. The highest BCUT2D eigenvalue weighted by Crippen LogP contribution is 2.19. The summed E-state index contributed by atoms with van der Waals surface area (Å²) in [6, 6.07) is 7.37. The maximum absolute atomic E-state index is 11.2. The van der Waals surface area contributed by atoms with E-state index < -0.39 is 0 Å². The van der Waals surface area contributed by atoms with Gasteiger partial charge in [-0.3, -0.25) is 14.4 Å². The van der Waals surface area contributed by atoms with Crippen LogP contribution in [0.15, 0.2) is 35.6 Å². The molecule has 1 aromatic carbocycles. The molecule has 0 aliphatic carbocycles. The summed E-state index contributed by atoms with van der Waals surface area (Å²) < 4.78 is 10.3. The number of pyridine rings is 1. The molecule has 0 fully saturated rings. The van der Waals surface area contributed by atoms with E-state index in [9.17, 15) is 4.79 Å². The predicted octanol–water partition coefficient (Wildman–Crippen LogP) is 3.38. The number of aromatic nitrogens is 1. The van der Waals surface area contributed by atoms with Gasteiger partial charge in [0.2, 0.25) is 12.8 Å². The molecular weight excluding hydrogens is 488 g/mol. The highest BCUT2D eigenvalue weighted by molar-refractivity contribution is 5.98. The fourth-order valence-corrected chi connectivity index (χ4v) is 2.82. The lowest BCUT2D eigenvalue weighted by Crippen LogP contribution is -2.37. The van der Waals surface area contributed by atoms with E-state index >= 15 is 0 Å². The Morgan fingerprint density at radius 2 is 1.82 bits per heavy atom. The van der Waals surface area contributed by atoms with Gasteiger partial charge in [-0.05, 0) is 70.3 Å². The summed E-state index contributed by atoms with van der Waals surface area (Å²) in [6.45, 7) is 9.41. The zero-order chi connectivity index (χ0) is 29.1. The molecule has 10 nitrogen and oxygen atoms in total. The molecule has 3 N–H and O–H groups in total. The standard InChI is InChI=1S/C15H21N3O2.C11H14O2.C2H3NO2/c1-6-15(3,16-4)8-7-13-14(20-5)9-12(10-17-13)11(2)18-19;1-4-9-5-6-10(13-3)7-11(9)8(2)12;4-1-3-2-5/h9-10,16,19H,6H2,1-5H3;5-7H,4H2,1-3H3;1-2H,(H,3,4,5)/b18-11-;;/t15-;;/m0../s1. The number of aryl methyl sites for hydroxylation is 1. The van der Waals surface area contributed by atoms with Crippen LogP contribution in [-0.2, 0) is 16.0 Å². The summed E-state index contributed by atoms with van der Waals surface area (Å²) >= 11 is 0. The number of nitrogens with one attached hydrogen (secondary N) is 2. The van der Waals surface area contributed by atoms with Crippen molar-refractivity contribution < 1.29 is 29.1 Å².